The molecule has 1 aromatic rings. The van der Waals surface area contributed by atoms with Gasteiger partial charge in [-0.2, -0.15) is 4.31 Å². The number of sulfonamides is 1. The number of nitrogens with zero attached hydrogens (tertiary/aromatic N) is 1. The summed E-state index contributed by atoms with van der Waals surface area (Å²) in [5, 5.41) is 0. The van der Waals surface area contributed by atoms with Crippen molar-refractivity contribution >= 4 is 10.0 Å². The van der Waals surface area contributed by atoms with Crippen molar-refractivity contribution in [3.63, 3.8) is 0 Å². The molecule has 1 aliphatic heterocycles. The van der Waals surface area contributed by atoms with Crippen LogP contribution in [0.2, 0.25) is 0 Å². The molecule has 0 bridgehead atoms. The van der Waals surface area contributed by atoms with Crippen LogP contribution in [0.25, 0.3) is 0 Å². The second-order valence-corrected chi connectivity index (χ2v) is 9.18. The van der Waals surface area contributed by atoms with Crippen LogP contribution in [-0.4, -0.2) is 39.0 Å². The van der Waals surface area contributed by atoms with Gasteiger partial charge in [-0.3, -0.25) is 0 Å². The van der Waals surface area contributed by atoms with Crippen molar-refractivity contribution in [3.8, 4) is 0 Å². The molecule has 0 aromatic heterocycles. The van der Waals surface area contributed by atoms with Gasteiger partial charge in [0.25, 0.3) is 0 Å². The van der Waals surface area contributed by atoms with Crippen molar-refractivity contribution in [3.05, 3.63) is 29.3 Å². The van der Waals surface area contributed by atoms with Gasteiger partial charge in [0.2, 0.25) is 10.0 Å². The lowest BCUT2D eigenvalue weighted by atomic mass is 9.77. The Morgan fingerprint density at radius 2 is 1.78 bits per heavy atom. The van der Waals surface area contributed by atoms with Crippen molar-refractivity contribution in [2.24, 2.45) is 5.41 Å². The second kappa shape index (κ2) is 6.19. The monoisotopic (exact) mass is 337 g/mol. The van der Waals surface area contributed by atoms with Gasteiger partial charge < -0.3 is 4.74 Å². The molecule has 5 heteroatoms. The molecule has 2 atom stereocenters. The van der Waals surface area contributed by atoms with Gasteiger partial charge in [0.1, 0.15) is 0 Å². The van der Waals surface area contributed by atoms with Crippen molar-refractivity contribution in [2.75, 3.05) is 20.2 Å². The third-order valence-corrected chi connectivity index (χ3v) is 7.34. The Morgan fingerprint density at radius 1 is 1.13 bits per heavy atom. The maximum atomic E-state index is 13.1. The van der Waals surface area contributed by atoms with Crippen LogP contribution in [-0.2, 0) is 14.8 Å². The maximum absolute atomic E-state index is 13.1. The number of piperidine rings is 1. The van der Waals surface area contributed by atoms with Gasteiger partial charge in [-0.15, -0.1) is 0 Å². The van der Waals surface area contributed by atoms with Crippen molar-refractivity contribution in [1.29, 1.82) is 0 Å². The number of rotatable bonds is 3. The number of ether oxygens (including phenoxy) is 1. The van der Waals surface area contributed by atoms with E-state index in [4.69, 9.17) is 4.74 Å². The summed E-state index contributed by atoms with van der Waals surface area (Å²) in [5.41, 5.74) is 2.00. The molecule has 0 N–H and O–H groups in total. The van der Waals surface area contributed by atoms with E-state index in [1.807, 2.05) is 19.9 Å². The normalized spacial score (nSPS) is 29.3. The molecule has 0 radical (unpaired) electrons. The molecule has 2 aliphatic rings. The maximum Gasteiger partial charge on any atom is 0.243 e. The molecule has 1 heterocycles. The molecule has 2 fully saturated rings. The Balaban J connectivity index is 1.91. The van der Waals surface area contributed by atoms with Gasteiger partial charge in [-0.25, -0.2) is 8.42 Å². The molecule has 1 saturated heterocycles. The van der Waals surface area contributed by atoms with Crippen molar-refractivity contribution < 1.29 is 13.2 Å². The van der Waals surface area contributed by atoms with Gasteiger partial charge in [0.15, 0.2) is 0 Å². The van der Waals surface area contributed by atoms with Crippen LogP contribution < -0.4 is 0 Å². The molecule has 1 aromatic carbocycles. The minimum absolute atomic E-state index is 0.0128. The lowest BCUT2D eigenvalue weighted by Crippen LogP contribution is -2.49. The average molecular weight is 337 g/mol. The highest BCUT2D eigenvalue weighted by atomic mass is 32.2. The van der Waals surface area contributed by atoms with Gasteiger partial charge in [0, 0.05) is 25.6 Å². The zero-order chi connectivity index (χ0) is 16.7. The van der Waals surface area contributed by atoms with Crippen molar-refractivity contribution in [2.45, 2.75) is 57.0 Å². The largest absolute Gasteiger partial charge is 0.381 e. The van der Waals surface area contributed by atoms with E-state index in [2.05, 4.69) is 0 Å². The topological polar surface area (TPSA) is 46.6 Å². The molecular formula is C18H27NO3S. The lowest BCUT2D eigenvalue weighted by molar-refractivity contribution is -0.0184. The highest BCUT2D eigenvalue weighted by Crippen LogP contribution is 2.47. The number of methoxy groups -OCH3 is 1. The van der Waals surface area contributed by atoms with E-state index < -0.39 is 10.0 Å². The molecule has 3 rings (SSSR count). The minimum atomic E-state index is -3.42. The Labute approximate surface area is 139 Å². The van der Waals surface area contributed by atoms with Crippen LogP contribution in [0.1, 0.15) is 43.2 Å². The molecule has 1 saturated carbocycles. The number of hydrogen-bond donors (Lipinski definition) is 0. The molecule has 4 nitrogen and oxygen atoms in total. The first kappa shape index (κ1) is 16.9. The van der Waals surface area contributed by atoms with E-state index in [0.29, 0.717) is 18.0 Å². The highest BCUT2D eigenvalue weighted by molar-refractivity contribution is 7.89. The van der Waals surface area contributed by atoms with E-state index in [-0.39, 0.29) is 11.5 Å². The first-order valence-electron chi connectivity index (χ1n) is 8.49. The van der Waals surface area contributed by atoms with Gasteiger partial charge >= 0.3 is 0 Å². The standard InChI is InChI=1S/C18H27NO3S/c1-14-10-15(2)12-16(11-14)23(20,21)19-9-5-8-18(13-19)7-4-6-17(18)22-3/h10-12,17H,4-9,13H2,1-3H3/t17-,18-/m1/s1. The third-order valence-electron chi connectivity index (χ3n) is 5.51. The third kappa shape index (κ3) is 3.06. The Morgan fingerprint density at radius 3 is 2.43 bits per heavy atom. The zero-order valence-electron chi connectivity index (χ0n) is 14.3. The van der Waals surface area contributed by atoms with Crippen LogP contribution in [0.5, 0.6) is 0 Å². The van der Waals surface area contributed by atoms with Crippen LogP contribution in [0.4, 0.5) is 0 Å². The van der Waals surface area contributed by atoms with E-state index in [1.54, 1.807) is 23.5 Å². The first-order valence-corrected chi connectivity index (χ1v) is 9.93. The van der Waals surface area contributed by atoms with E-state index in [9.17, 15) is 8.42 Å². The molecule has 1 aliphatic carbocycles. The predicted molar refractivity (Wildman–Crippen MR) is 91.0 cm³/mol. The number of benzene rings is 1. The highest BCUT2D eigenvalue weighted by Gasteiger charge is 2.48. The zero-order valence-corrected chi connectivity index (χ0v) is 15.2. The number of hydrogen-bond acceptors (Lipinski definition) is 3. The van der Waals surface area contributed by atoms with Crippen LogP contribution in [0.15, 0.2) is 23.1 Å². The molecular weight excluding hydrogens is 310 g/mol. The fourth-order valence-corrected chi connectivity index (χ4v) is 6.26. The Hall–Kier alpha value is -0.910. The Bertz CT molecular complexity index is 665. The molecule has 1 spiro atoms. The van der Waals surface area contributed by atoms with Crippen molar-refractivity contribution in [1.82, 2.24) is 4.31 Å². The molecule has 0 amide bonds. The molecule has 23 heavy (non-hydrogen) atoms. The lowest BCUT2D eigenvalue weighted by Gasteiger charge is -2.43. The van der Waals surface area contributed by atoms with Gasteiger partial charge in [-0.05, 0) is 62.8 Å². The molecule has 128 valence electrons. The fourth-order valence-electron chi connectivity index (χ4n) is 4.49. The summed E-state index contributed by atoms with van der Waals surface area (Å²) in [6, 6.07) is 5.58. The quantitative estimate of drug-likeness (QED) is 0.850. The predicted octanol–water partition coefficient (Wildman–Crippen LogP) is 3.27. The van der Waals surface area contributed by atoms with E-state index in [0.717, 1.165) is 43.2 Å². The summed E-state index contributed by atoms with van der Waals surface area (Å²) in [7, 11) is -1.67. The Kier molecular flexibility index (Phi) is 4.55. The van der Waals surface area contributed by atoms with Gasteiger partial charge in [0.05, 0.1) is 11.0 Å². The summed E-state index contributed by atoms with van der Waals surface area (Å²) in [6.45, 7) is 5.11. The van der Waals surface area contributed by atoms with Crippen LogP contribution in [0.3, 0.4) is 0 Å². The fraction of sp³-hybridized carbons (Fsp3) is 0.667. The summed E-state index contributed by atoms with van der Waals surface area (Å²) < 4.78 is 33.6. The second-order valence-electron chi connectivity index (χ2n) is 7.24. The SMILES string of the molecule is CO[C@@H]1CCC[C@]12CCCN(S(=O)(=O)c1cc(C)cc(C)c1)C2. The van der Waals surface area contributed by atoms with Crippen LogP contribution in [0, 0.1) is 19.3 Å². The summed E-state index contributed by atoms with van der Waals surface area (Å²) in [5.74, 6) is 0. The van der Waals surface area contributed by atoms with E-state index in [1.165, 1.54) is 0 Å². The summed E-state index contributed by atoms with van der Waals surface area (Å²) >= 11 is 0. The smallest absolute Gasteiger partial charge is 0.243 e. The summed E-state index contributed by atoms with van der Waals surface area (Å²) in [4.78, 5) is 0.430. The average Bonchev–Trinajstić information content (AvgIpc) is 2.88. The molecule has 0 unspecified atom stereocenters. The number of aryl methyl sites for hydroxylation is 2. The van der Waals surface area contributed by atoms with E-state index >= 15 is 0 Å². The summed E-state index contributed by atoms with van der Waals surface area (Å²) in [6.07, 6.45) is 5.45. The van der Waals surface area contributed by atoms with Crippen LogP contribution >= 0.6 is 0 Å². The minimum Gasteiger partial charge on any atom is -0.381 e. The van der Waals surface area contributed by atoms with Gasteiger partial charge in [-0.1, -0.05) is 12.5 Å². The first-order chi connectivity index (χ1) is 10.9.